The topological polar surface area (TPSA) is 58.6 Å². The Morgan fingerprint density at radius 2 is 2.25 bits per heavy atom. The summed E-state index contributed by atoms with van der Waals surface area (Å²) in [6.45, 7) is 3.07. The Labute approximate surface area is 96.1 Å². The van der Waals surface area contributed by atoms with Crippen molar-refractivity contribution in [2.24, 2.45) is 5.92 Å². The lowest BCUT2D eigenvalue weighted by atomic mass is 10.1. The predicted octanol–water partition coefficient (Wildman–Crippen LogP) is 0.00590. The van der Waals surface area contributed by atoms with Crippen LogP contribution < -0.4 is 5.32 Å². The summed E-state index contributed by atoms with van der Waals surface area (Å²) >= 11 is 0. The maximum atomic E-state index is 11.9. The summed E-state index contributed by atoms with van der Waals surface area (Å²) in [5.74, 6) is -0.493. The third-order valence-electron chi connectivity index (χ3n) is 2.89. The van der Waals surface area contributed by atoms with Gasteiger partial charge >= 0.3 is 5.97 Å². The smallest absolute Gasteiger partial charge is 0.310 e. The molecule has 16 heavy (non-hydrogen) atoms. The normalized spacial score (nSPS) is 21.6. The fraction of sp³-hybridized carbons (Fsp3) is 0.818. The lowest BCUT2D eigenvalue weighted by Crippen LogP contribution is -2.44. The van der Waals surface area contributed by atoms with E-state index in [1.807, 2.05) is 0 Å². The van der Waals surface area contributed by atoms with Crippen LogP contribution in [0.2, 0.25) is 0 Å². The Morgan fingerprint density at radius 1 is 1.56 bits per heavy atom. The highest BCUT2D eigenvalue weighted by Gasteiger charge is 2.26. The number of esters is 1. The van der Waals surface area contributed by atoms with Crippen LogP contribution in [-0.2, 0) is 14.3 Å². The molecule has 1 N–H and O–H groups in total. The van der Waals surface area contributed by atoms with Gasteiger partial charge in [0.25, 0.3) is 0 Å². The van der Waals surface area contributed by atoms with Crippen LogP contribution in [0.4, 0.5) is 0 Å². The zero-order valence-corrected chi connectivity index (χ0v) is 10.2. The molecule has 92 valence electrons. The molecular formula is C11H20N2O3. The van der Waals surface area contributed by atoms with E-state index in [0.29, 0.717) is 6.54 Å². The van der Waals surface area contributed by atoms with Crippen molar-refractivity contribution in [1.82, 2.24) is 10.2 Å². The van der Waals surface area contributed by atoms with Gasteiger partial charge in [-0.25, -0.2) is 0 Å². The molecule has 5 nitrogen and oxygen atoms in total. The van der Waals surface area contributed by atoms with E-state index in [2.05, 4.69) is 10.1 Å². The van der Waals surface area contributed by atoms with Gasteiger partial charge in [-0.3, -0.25) is 9.59 Å². The first kappa shape index (κ1) is 13.0. The molecule has 1 heterocycles. The van der Waals surface area contributed by atoms with E-state index in [0.717, 1.165) is 19.4 Å². The van der Waals surface area contributed by atoms with E-state index >= 15 is 0 Å². The first-order valence-corrected chi connectivity index (χ1v) is 5.62. The molecule has 0 aromatic carbocycles. The van der Waals surface area contributed by atoms with E-state index < -0.39 is 0 Å². The summed E-state index contributed by atoms with van der Waals surface area (Å²) < 4.78 is 4.63. The molecule has 0 aromatic rings. The highest BCUT2D eigenvalue weighted by Crippen LogP contribution is 2.09. The third kappa shape index (κ3) is 3.20. The first-order chi connectivity index (χ1) is 7.56. The molecule has 1 saturated heterocycles. The summed E-state index contributed by atoms with van der Waals surface area (Å²) in [6.07, 6.45) is 1.92. The molecule has 0 saturated carbocycles. The van der Waals surface area contributed by atoms with Crippen molar-refractivity contribution in [2.75, 3.05) is 27.2 Å². The molecule has 5 heteroatoms. The third-order valence-corrected chi connectivity index (χ3v) is 2.89. The summed E-state index contributed by atoms with van der Waals surface area (Å²) in [6, 6.07) is -0.0742. The molecule has 1 unspecified atom stereocenters. The number of nitrogens with one attached hydrogen (secondary N) is 1. The Bertz CT molecular complexity index is 262. The Morgan fingerprint density at radius 3 is 2.75 bits per heavy atom. The summed E-state index contributed by atoms with van der Waals surface area (Å²) in [7, 11) is 3.08. The van der Waals surface area contributed by atoms with E-state index in [4.69, 9.17) is 0 Å². The van der Waals surface area contributed by atoms with Gasteiger partial charge in [0, 0.05) is 13.6 Å². The minimum absolute atomic E-state index is 0.0632. The molecule has 1 aliphatic rings. The number of carbonyl (C=O) groups excluding carboxylic acids is 2. The van der Waals surface area contributed by atoms with Gasteiger partial charge in [-0.15, -0.1) is 0 Å². The number of likely N-dealkylation sites (N-methyl/N-ethyl adjacent to an activating group) is 1. The van der Waals surface area contributed by atoms with Crippen LogP contribution in [0.25, 0.3) is 0 Å². The summed E-state index contributed by atoms with van der Waals surface area (Å²) in [5, 5.41) is 3.15. The average Bonchev–Trinajstić information content (AvgIpc) is 2.79. The molecule has 1 amide bonds. The Balaban J connectivity index is 2.41. The van der Waals surface area contributed by atoms with Crippen molar-refractivity contribution >= 4 is 11.9 Å². The van der Waals surface area contributed by atoms with Gasteiger partial charge in [-0.1, -0.05) is 6.92 Å². The van der Waals surface area contributed by atoms with Crippen molar-refractivity contribution in [1.29, 1.82) is 0 Å². The Hall–Kier alpha value is -1.10. The number of methoxy groups -OCH3 is 1. The van der Waals surface area contributed by atoms with Crippen LogP contribution in [-0.4, -0.2) is 50.1 Å². The van der Waals surface area contributed by atoms with Crippen molar-refractivity contribution in [3.05, 3.63) is 0 Å². The zero-order valence-electron chi connectivity index (χ0n) is 10.2. The molecule has 0 aromatic heterocycles. The van der Waals surface area contributed by atoms with E-state index in [9.17, 15) is 9.59 Å². The second kappa shape index (κ2) is 5.84. The molecule has 0 aliphatic carbocycles. The second-order valence-electron chi connectivity index (χ2n) is 4.29. The van der Waals surface area contributed by atoms with Crippen molar-refractivity contribution in [2.45, 2.75) is 25.8 Å². The van der Waals surface area contributed by atoms with E-state index in [1.165, 1.54) is 7.11 Å². The fourth-order valence-electron chi connectivity index (χ4n) is 1.94. The molecule has 2 atom stereocenters. The number of hydrogen-bond donors (Lipinski definition) is 1. The van der Waals surface area contributed by atoms with Crippen LogP contribution in [0.1, 0.15) is 19.8 Å². The van der Waals surface area contributed by atoms with Gasteiger partial charge in [0.15, 0.2) is 0 Å². The monoisotopic (exact) mass is 228 g/mol. The minimum Gasteiger partial charge on any atom is -0.469 e. The minimum atomic E-state index is -0.279. The maximum absolute atomic E-state index is 11.9. The molecule has 0 spiro atoms. The summed E-state index contributed by atoms with van der Waals surface area (Å²) in [4.78, 5) is 24.7. The lowest BCUT2D eigenvalue weighted by Gasteiger charge is -2.23. The van der Waals surface area contributed by atoms with Gasteiger partial charge in [0.2, 0.25) is 5.91 Å². The van der Waals surface area contributed by atoms with Crippen LogP contribution in [0.5, 0.6) is 0 Å². The Kier molecular flexibility index (Phi) is 4.73. The van der Waals surface area contributed by atoms with Gasteiger partial charge in [0.1, 0.15) is 0 Å². The molecule has 1 rings (SSSR count). The van der Waals surface area contributed by atoms with Gasteiger partial charge in [0.05, 0.1) is 19.1 Å². The molecule has 0 bridgehead atoms. The highest BCUT2D eigenvalue weighted by atomic mass is 16.5. The standard InChI is InChI=1S/C11H20N2O3/c1-8(11(15)16-3)7-13(2)10(14)9-5-4-6-12-9/h8-9,12H,4-7H2,1-3H3/t8?,9-/m0/s1. The predicted molar refractivity (Wildman–Crippen MR) is 59.8 cm³/mol. The number of hydrogen-bond acceptors (Lipinski definition) is 4. The maximum Gasteiger partial charge on any atom is 0.310 e. The first-order valence-electron chi connectivity index (χ1n) is 5.62. The van der Waals surface area contributed by atoms with Crippen LogP contribution in [0.15, 0.2) is 0 Å². The van der Waals surface area contributed by atoms with E-state index in [1.54, 1.807) is 18.9 Å². The SMILES string of the molecule is COC(=O)C(C)CN(C)C(=O)[C@@H]1CCCN1. The van der Waals surface area contributed by atoms with Crippen LogP contribution in [0, 0.1) is 5.92 Å². The van der Waals surface area contributed by atoms with Gasteiger partial charge in [-0.05, 0) is 19.4 Å². The van der Waals surface area contributed by atoms with Crippen molar-refractivity contribution in [3.63, 3.8) is 0 Å². The largest absolute Gasteiger partial charge is 0.469 e. The number of ether oxygens (including phenoxy) is 1. The summed E-state index contributed by atoms with van der Waals surface area (Å²) in [5.41, 5.74) is 0. The quantitative estimate of drug-likeness (QED) is 0.688. The molecule has 1 fully saturated rings. The average molecular weight is 228 g/mol. The van der Waals surface area contributed by atoms with E-state index in [-0.39, 0.29) is 23.8 Å². The molecule has 0 radical (unpaired) electrons. The molecule has 1 aliphatic heterocycles. The number of rotatable bonds is 4. The zero-order chi connectivity index (χ0) is 12.1. The van der Waals surface area contributed by atoms with Gasteiger partial charge < -0.3 is 15.0 Å². The van der Waals surface area contributed by atoms with Gasteiger partial charge in [-0.2, -0.15) is 0 Å². The second-order valence-corrected chi connectivity index (χ2v) is 4.29. The number of nitrogens with zero attached hydrogens (tertiary/aromatic N) is 1. The fourth-order valence-corrected chi connectivity index (χ4v) is 1.94. The van der Waals surface area contributed by atoms with Crippen molar-refractivity contribution in [3.8, 4) is 0 Å². The van der Waals surface area contributed by atoms with Crippen molar-refractivity contribution < 1.29 is 14.3 Å². The highest BCUT2D eigenvalue weighted by molar-refractivity contribution is 5.82. The number of carbonyl (C=O) groups is 2. The van der Waals surface area contributed by atoms with Crippen LogP contribution in [0.3, 0.4) is 0 Å². The number of amides is 1. The lowest BCUT2D eigenvalue weighted by molar-refractivity contribution is -0.146. The molecular weight excluding hydrogens is 208 g/mol. The van der Waals surface area contributed by atoms with Crippen LogP contribution >= 0.6 is 0 Å².